The second-order valence-electron chi connectivity index (χ2n) is 6.98. The maximum Gasteiger partial charge on any atom is 0.231 e. The lowest BCUT2D eigenvalue weighted by atomic mass is 9.85. The average Bonchev–Trinajstić information content (AvgIpc) is 2.66. The van der Waals surface area contributed by atoms with Gasteiger partial charge in [0.05, 0.1) is 12.0 Å². The Morgan fingerprint density at radius 1 is 1.04 bits per heavy atom. The van der Waals surface area contributed by atoms with E-state index in [0.29, 0.717) is 6.42 Å². The van der Waals surface area contributed by atoms with Gasteiger partial charge in [0.2, 0.25) is 5.91 Å². The smallest absolute Gasteiger partial charge is 0.231 e. The van der Waals surface area contributed by atoms with Crippen molar-refractivity contribution >= 4 is 22.6 Å². The molecule has 0 radical (unpaired) electrons. The second kappa shape index (κ2) is 5.99. The Morgan fingerprint density at radius 3 is 2.58 bits per heavy atom. The van der Waals surface area contributed by atoms with Gasteiger partial charge in [0.15, 0.2) is 5.96 Å². The fourth-order valence-electron chi connectivity index (χ4n) is 3.57. The predicted molar refractivity (Wildman–Crippen MR) is 106 cm³/mol. The molecule has 1 atom stereocenters. The van der Waals surface area contributed by atoms with Crippen LogP contribution in [0, 0.1) is 0 Å². The van der Waals surface area contributed by atoms with Gasteiger partial charge >= 0.3 is 0 Å². The van der Waals surface area contributed by atoms with Crippen LogP contribution in [0.5, 0.6) is 0 Å². The number of guanidine groups is 1. The molecule has 2 N–H and O–H groups in total. The van der Waals surface area contributed by atoms with E-state index in [0.717, 1.165) is 11.1 Å². The first kappa shape index (κ1) is 16.3. The molecule has 0 aliphatic carbocycles. The Morgan fingerprint density at radius 2 is 1.77 bits per heavy atom. The molecule has 1 heterocycles. The lowest BCUT2D eigenvalue weighted by molar-refractivity contribution is -0.128. The van der Waals surface area contributed by atoms with Crippen molar-refractivity contribution in [1.82, 2.24) is 4.90 Å². The van der Waals surface area contributed by atoms with Crippen molar-refractivity contribution in [3.8, 4) is 11.1 Å². The highest BCUT2D eigenvalue weighted by atomic mass is 16.2. The Kier molecular flexibility index (Phi) is 3.76. The van der Waals surface area contributed by atoms with Crippen molar-refractivity contribution in [1.29, 1.82) is 0 Å². The fraction of sp³-hybridized carbons (Fsp3) is 0.182. The van der Waals surface area contributed by atoms with E-state index in [-0.39, 0.29) is 11.9 Å². The Labute approximate surface area is 153 Å². The van der Waals surface area contributed by atoms with Crippen LogP contribution in [-0.4, -0.2) is 23.8 Å². The predicted octanol–water partition coefficient (Wildman–Crippen LogP) is 3.90. The molecule has 4 nitrogen and oxygen atoms in total. The van der Waals surface area contributed by atoms with Crippen molar-refractivity contribution < 1.29 is 4.79 Å². The molecule has 4 heteroatoms. The summed E-state index contributed by atoms with van der Waals surface area (Å²) in [7, 11) is 1.66. The molecule has 1 aliphatic heterocycles. The van der Waals surface area contributed by atoms with Crippen LogP contribution in [0.1, 0.15) is 18.9 Å². The molecule has 0 spiro atoms. The van der Waals surface area contributed by atoms with Gasteiger partial charge in [0, 0.05) is 7.05 Å². The van der Waals surface area contributed by atoms with E-state index < -0.39 is 5.54 Å². The van der Waals surface area contributed by atoms with Gasteiger partial charge in [-0.2, -0.15) is 0 Å². The quantitative estimate of drug-likeness (QED) is 0.767. The fourth-order valence-corrected chi connectivity index (χ4v) is 3.57. The summed E-state index contributed by atoms with van der Waals surface area (Å²) in [6.07, 6.45) is 0.309. The van der Waals surface area contributed by atoms with Crippen LogP contribution in [0.2, 0.25) is 0 Å². The van der Waals surface area contributed by atoms with Gasteiger partial charge in [0.1, 0.15) is 0 Å². The summed E-state index contributed by atoms with van der Waals surface area (Å²) >= 11 is 0. The summed E-state index contributed by atoms with van der Waals surface area (Å²) in [6, 6.07) is 22.9. The third-order valence-corrected chi connectivity index (χ3v) is 5.16. The lowest BCUT2D eigenvalue weighted by Crippen LogP contribution is -2.47. The Balaban J connectivity index is 1.84. The molecule has 1 amide bonds. The molecular formula is C22H21N3O. The minimum atomic E-state index is -0.645. The zero-order valence-electron chi connectivity index (χ0n) is 14.9. The molecule has 1 unspecified atom stereocenters. The molecule has 0 bridgehead atoms. The number of nitrogens with zero attached hydrogens (tertiary/aromatic N) is 2. The zero-order valence-corrected chi connectivity index (χ0v) is 14.9. The normalized spacial score (nSPS) is 20.3. The number of benzene rings is 3. The van der Waals surface area contributed by atoms with Gasteiger partial charge in [-0.15, -0.1) is 0 Å². The van der Waals surface area contributed by atoms with E-state index in [4.69, 9.17) is 5.73 Å². The third-order valence-electron chi connectivity index (χ3n) is 5.16. The summed E-state index contributed by atoms with van der Waals surface area (Å²) in [6.45, 7) is 1.97. The Bertz CT molecular complexity index is 1030. The molecule has 0 fully saturated rings. The first-order valence-electron chi connectivity index (χ1n) is 8.68. The van der Waals surface area contributed by atoms with E-state index in [1.165, 1.54) is 21.2 Å². The lowest BCUT2D eigenvalue weighted by Gasteiger charge is -2.33. The molecule has 1 aliphatic rings. The highest BCUT2D eigenvalue weighted by molar-refractivity contribution is 5.99. The SMILES string of the molecule is CN1C(=O)CC(C)(c2cccc(-c3cccc4ccccc34)c2)N=C1N. The van der Waals surface area contributed by atoms with Gasteiger partial charge in [-0.1, -0.05) is 60.7 Å². The molecule has 4 rings (SSSR count). The van der Waals surface area contributed by atoms with Crippen LogP contribution in [0.3, 0.4) is 0 Å². The van der Waals surface area contributed by atoms with Gasteiger partial charge in [-0.05, 0) is 40.5 Å². The topological polar surface area (TPSA) is 58.7 Å². The highest BCUT2D eigenvalue weighted by Gasteiger charge is 2.36. The van der Waals surface area contributed by atoms with E-state index in [1.54, 1.807) is 7.05 Å². The largest absolute Gasteiger partial charge is 0.369 e. The second-order valence-corrected chi connectivity index (χ2v) is 6.98. The van der Waals surface area contributed by atoms with Crippen molar-refractivity contribution in [3.05, 3.63) is 72.3 Å². The summed E-state index contributed by atoms with van der Waals surface area (Å²) in [5, 5.41) is 2.41. The van der Waals surface area contributed by atoms with E-state index >= 15 is 0 Å². The van der Waals surface area contributed by atoms with E-state index in [2.05, 4.69) is 53.5 Å². The number of nitrogens with two attached hydrogens (primary N) is 1. The van der Waals surface area contributed by atoms with Gasteiger partial charge in [-0.3, -0.25) is 9.69 Å². The van der Waals surface area contributed by atoms with Crippen LogP contribution >= 0.6 is 0 Å². The van der Waals surface area contributed by atoms with Gasteiger partial charge in [-0.25, -0.2) is 4.99 Å². The first-order valence-corrected chi connectivity index (χ1v) is 8.68. The van der Waals surface area contributed by atoms with Crippen LogP contribution in [0.15, 0.2) is 71.7 Å². The number of amides is 1. The van der Waals surface area contributed by atoms with Crippen LogP contribution in [0.25, 0.3) is 21.9 Å². The molecule has 130 valence electrons. The zero-order chi connectivity index (χ0) is 18.3. The van der Waals surface area contributed by atoms with E-state index in [1.807, 2.05) is 25.1 Å². The molecule has 0 saturated heterocycles. The van der Waals surface area contributed by atoms with Crippen molar-refractivity contribution in [3.63, 3.8) is 0 Å². The molecule has 0 aromatic heterocycles. The summed E-state index contributed by atoms with van der Waals surface area (Å²) < 4.78 is 0. The van der Waals surface area contributed by atoms with Gasteiger partial charge in [0.25, 0.3) is 0 Å². The van der Waals surface area contributed by atoms with Crippen LogP contribution < -0.4 is 5.73 Å². The van der Waals surface area contributed by atoms with E-state index in [9.17, 15) is 4.79 Å². The summed E-state index contributed by atoms with van der Waals surface area (Å²) in [5.74, 6) is 0.245. The molecule has 0 saturated carbocycles. The molecule has 3 aromatic rings. The maximum atomic E-state index is 12.3. The minimum Gasteiger partial charge on any atom is -0.369 e. The summed E-state index contributed by atoms with van der Waals surface area (Å²) in [5.41, 5.74) is 8.59. The van der Waals surface area contributed by atoms with Crippen molar-refractivity contribution in [2.45, 2.75) is 18.9 Å². The minimum absolute atomic E-state index is 0.0180. The number of hydrogen-bond acceptors (Lipinski definition) is 3. The summed E-state index contributed by atoms with van der Waals surface area (Å²) in [4.78, 5) is 18.3. The standard InChI is InChI=1S/C22H21N3O/c1-22(14-20(26)25(2)21(23)24-22)17-10-5-9-16(13-17)19-12-6-8-15-7-3-4-11-18(15)19/h3-13H,14H2,1-2H3,(H2,23,24). The van der Waals surface area contributed by atoms with Crippen molar-refractivity contribution in [2.24, 2.45) is 10.7 Å². The van der Waals surface area contributed by atoms with Gasteiger partial charge < -0.3 is 5.73 Å². The molecular weight excluding hydrogens is 322 g/mol. The number of hydrogen-bond donors (Lipinski definition) is 1. The third kappa shape index (κ3) is 2.64. The number of carbonyl (C=O) groups is 1. The number of rotatable bonds is 2. The molecule has 3 aromatic carbocycles. The number of carbonyl (C=O) groups excluding carboxylic acids is 1. The molecule has 26 heavy (non-hydrogen) atoms. The number of aliphatic imine (C=N–C) groups is 1. The first-order chi connectivity index (χ1) is 12.5. The average molecular weight is 343 g/mol. The maximum absolute atomic E-state index is 12.3. The van der Waals surface area contributed by atoms with Crippen molar-refractivity contribution in [2.75, 3.05) is 7.05 Å². The Hall–Kier alpha value is -3.14. The highest BCUT2D eigenvalue weighted by Crippen LogP contribution is 2.36. The van der Waals surface area contributed by atoms with Crippen LogP contribution in [0.4, 0.5) is 0 Å². The monoisotopic (exact) mass is 343 g/mol. The number of fused-ring (bicyclic) bond motifs is 1. The van der Waals surface area contributed by atoms with Crippen LogP contribution in [-0.2, 0) is 10.3 Å².